The maximum Gasteiger partial charge on any atom is 0.414 e. The Morgan fingerprint density at radius 1 is 0.853 bits per heavy atom. The molecule has 0 unspecified atom stereocenters. The second-order valence-corrected chi connectivity index (χ2v) is 8.18. The van der Waals surface area contributed by atoms with Gasteiger partial charge in [0.25, 0.3) is 0 Å². The molecule has 3 aromatic carbocycles. The third-order valence-corrected chi connectivity index (χ3v) is 5.76. The van der Waals surface area contributed by atoms with Gasteiger partial charge in [-0.15, -0.1) is 0 Å². The monoisotopic (exact) mass is 462 g/mol. The molecule has 4 rings (SSSR count). The van der Waals surface area contributed by atoms with Crippen molar-refractivity contribution < 1.29 is 24.5 Å². The molecule has 1 fully saturated rings. The third-order valence-electron chi connectivity index (χ3n) is 5.76. The topological polar surface area (TPSA) is 122 Å². The maximum absolute atomic E-state index is 9.10. The number of rotatable bonds is 6. The summed E-state index contributed by atoms with van der Waals surface area (Å²) in [6.45, 7) is 1.59. The Kier molecular flexibility index (Phi) is 9.20. The van der Waals surface area contributed by atoms with Gasteiger partial charge in [-0.05, 0) is 41.7 Å². The molecule has 1 aliphatic heterocycles. The number of carboxylic acids is 2. The van der Waals surface area contributed by atoms with E-state index in [1.807, 2.05) is 12.1 Å². The normalized spacial score (nSPS) is 17.4. The summed E-state index contributed by atoms with van der Waals surface area (Å²) >= 11 is 0. The van der Waals surface area contributed by atoms with Gasteiger partial charge in [0, 0.05) is 24.2 Å². The number of carboxylic acid groups (broad SMARTS) is 2. The van der Waals surface area contributed by atoms with Crippen LogP contribution in [0.4, 0.5) is 5.69 Å². The van der Waals surface area contributed by atoms with Crippen LogP contribution in [0.5, 0.6) is 0 Å². The van der Waals surface area contributed by atoms with Crippen LogP contribution in [-0.2, 0) is 20.9 Å². The largest absolute Gasteiger partial charge is 0.473 e. The molecule has 1 aliphatic rings. The van der Waals surface area contributed by atoms with Crippen LogP contribution in [0.15, 0.2) is 84.9 Å². The van der Waals surface area contributed by atoms with Crippen LogP contribution in [0.3, 0.4) is 0 Å². The molecule has 0 radical (unpaired) electrons. The van der Waals surface area contributed by atoms with Crippen molar-refractivity contribution >= 4 is 17.6 Å². The van der Waals surface area contributed by atoms with Gasteiger partial charge in [0.15, 0.2) is 0 Å². The summed E-state index contributed by atoms with van der Waals surface area (Å²) < 4.78 is 6.39. The second-order valence-electron chi connectivity index (χ2n) is 8.18. The van der Waals surface area contributed by atoms with Crippen molar-refractivity contribution in [3.63, 3.8) is 0 Å². The lowest BCUT2D eigenvalue weighted by Gasteiger charge is -2.35. The number of anilines is 1. The molecule has 0 aromatic heterocycles. The van der Waals surface area contributed by atoms with Gasteiger partial charge in [0.2, 0.25) is 0 Å². The molecule has 1 heterocycles. The minimum atomic E-state index is -1.82. The molecule has 1 saturated heterocycles. The van der Waals surface area contributed by atoms with E-state index in [4.69, 9.17) is 30.3 Å². The first-order valence-corrected chi connectivity index (χ1v) is 11.2. The number of hydrogen-bond donors (Lipinski definition) is 4. The molecule has 0 saturated carbocycles. The molecule has 0 amide bonds. The highest BCUT2D eigenvalue weighted by atomic mass is 16.5. The Morgan fingerprint density at radius 2 is 1.38 bits per heavy atom. The van der Waals surface area contributed by atoms with Crippen LogP contribution in [0, 0.1) is 0 Å². The fraction of sp³-hybridized carbons (Fsp3) is 0.259. The van der Waals surface area contributed by atoms with E-state index in [0.717, 1.165) is 31.7 Å². The zero-order valence-corrected chi connectivity index (χ0v) is 18.8. The highest BCUT2D eigenvalue weighted by molar-refractivity contribution is 6.27. The lowest BCUT2D eigenvalue weighted by molar-refractivity contribution is -0.159. The summed E-state index contributed by atoms with van der Waals surface area (Å²) in [6, 6.07) is 29.9. The number of benzene rings is 3. The van der Waals surface area contributed by atoms with Gasteiger partial charge in [-0.25, -0.2) is 9.59 Å². The van der Waals surface area contributed by atoms with Gasteiger partial charge in [-0.1, -0.05) is 72.8 Å². The minimum absolute atomic E-state index is 0.208. The summed E-state index contributed by atoms with van der Waals surface area (Å²) in [5.74, 6) is -3.37. The van der Waals surface area contributed by atoms with E-state index in [0.29, 0.717) is 6.04 Å². The zero-order chi connectivity index (χ0) is 24.3. The van der Waals surface area contributed by atoms with Gasteiger partial charge in [-0.2, -0.15) is 0 Å². The standard InChI is InChI=1S/C25H28N2O.C2H2O4/c26-22-13-11-19(12-14-22)17-27-23-15-16-24(28-18-23)25(20-7-3-1-4-8-20)21-9-5-2-6-10-21;3-1(4)2(5)6/h1-14,23-25,27H,15-18,26H2;(H,3,4)(H,5,6)/t23-,24-;/m0./s1. The molecular weight excluding hydrogens is 432 g/mol. The maximum atomic E-state index is 9.10. The van der Waals surface area contributed by atoms with E-state index in [2.05, 4.69) is 78.1 Å². The summed E-state index contributed by atoms with van der Waals surface area (Å²) in [7, 11) is 0. The van der Waals surface area contributed by atoms with Crippen molar-refractivity contribution in [2.45, 2.75) is 37.5 Å². The first kappa shape index (κ1) is 25.0. The van der Waals surface area contributed by atoms with Gasteiger partial charge >= 0.3 is 11.9 Å². The minimum Gasteiger partial charge on any atom is -0.473 e. The van der Waals surface area contributed by atoms with Crippen molar-refractivity contribution in [1.29, 1.82) is 0 Å². The van der Waals surface area contributed by atoms with E-state index in [1.165, 1.54) is 16.7 Å². The summed E-state index contributed by atoms with van der Waals surface area (Å²) in [5.41, 5.74) is 10.5. The average Bonchev–Trinajstić information content (AvgIpc) is 2.86. The molecule has 2 atom stereocenters. The molecule has 0 aliphatic carbocycles. The van der Waals surface area contributed by atoms with E-state index in [9.17, 15) is 0 Å². The number of aliphatic carboxylic acids is 2. The molecule has 0 spiro atoms. The molecule has 7 nitrogen and oxygen atoms in total. The SMILES string of the molecule is Nc1ccc(CN[C@H]2CC[C@@H](C(c3ccccc3)c3ccccc3)OC2)cc1.O=C(O)C(=O)O. The fourth-order valence-electron chi connectivity index (χ4n) is 4.04. The highest BCUT2D eigenvalue weighted by Crippen LogP contribution is 2.34. The Hall–Kier alpha value is -3.68. The quantitative estimate of drug-likeness (QED) is 0.324. The number of carbonyl (C=O) groups is 2. The molecule has 0 bridgehead atoms. The van der Waals surface area contributed by atoms with Crippen LogP contribution in [0.2, 0.25) is 0 Å². The number of nitrogens with one attached hydrogen (secondary N) is 1. The van der Waals surface area contributed by atoms with Crippen molar-refractivity contribution in [1.82, 2.24) is 5.32 Å². The van der Waals surface area contributed by atoms with Crippen LogP contribution < -0.4 is 11.1 Å². The van der Waals surface area contributed by atoms with E-state index in [1.54, 1.807) is 0 Å². The van der Waals surface area contributed by atoms with Gasteiger partial charge in [0.1, 0.15) is 0 Å². The Morgan fingerprint density at radius 3 is 1.82 bits per heavy atom. The van der Waals surface area contributed by atoms with Crippen LogP contribution in [0.1, 0.15) is 35.4 Å². The van der Waals surface area contributed by atoms with E-state index >= 15 is 0 Å². The third kappa shape index (κ3) is 7.43. The Balaban J connectivity index is 0.000000481. The molecule has 5 N–H and O–H groups in total. The number of nitrogens with two attached hydrogens (primary N) is 1. The van der Waals surface area contributed by atoms with Crippen molar-refractivity contribution in [3.05, 3.63) is 102 Å². The van der Waals surface area contributed by atoms with Crippen molar-refractivity contribution in [2.75, 3.05) is 12.3 Å². The number of ether oxygens (including phenoxy) is 1. The zero-order valence-electron chi connectivity index (χ0n) is 18.8. The predicted molar refractivity (Wildman–Crippen MR) is 130 cm³/mol. The van der Waals surface area contributed by atoms with Gasteiger partial charge in [0.05, 0.1) is 12.7 Å². The Bertz CT molecular complexity index is 982. The molecule has 7 heteroatoms. The molecular formula is C27H30N2O5. The lowest BCUT2D eigenvalue weighted by atomic mass is 9.83. The first-order chi connectivity index (χ1) is 16.4. The van der Waals surface area contributed by atoms with E-state index in [-0.39, 0.29) is 12.0 Å². The van der Waals surface area contributed by atoms with Gasteiger partial charge in [-0.3, -0.25) is 0 Å². The summed E-state index contributed by atoms with van der Waals surface area (Å²) in [6.07, 6.45) is 2.38. The van der Waals surface area contributed by atoms with Crippen molar-refractivity contribution in [2.24, 2.45) is 0 Å². The smallest absolute Gasteiger partial charge is 0.414 e. The lowest BCUT2D eigenvalue weighted by Crippen LogP contribution is -2.41. The molecule has 178 valence electrons. The van der Waals surface area contributed by atoms with Crippen molar-refractivity contribution in [3.8, 4) is 0 Å². The number of hydrogen-bond acceptors (Lipinski definition) is 5. The second kappa shape index (κ2) is 12.5. The van der Waals surface area contributed by atoms with Crippen LogP contribution in [-0.4, -0.2) is 40.9 Å². The fourth-order valence-corrected chi connectivity index (χ4v) is 4.04. The highest BCUT2D eigenvalue weighted by Gasteiger charge is 2.30. The predicted octanol–water partition coefficient (Wildman–Crippen LogP) is 3.89. The molecule has 3 aromatic rings. The molecule has 34 heavy (non-hydrogen) atoms. The number of nitrogen functional groups attached to an aromatic ring is 1. The van der Waals surface area contributed by atoms with E-state index < -0.39 is 11.9 Å². The van der Waals surface area contributed by atoms with Crippen LogP contribution in [0.25, 0.3) is 0 Å². The summed E-state index contributed by atoms with van der Waals surface area (Å²) in [5, 5.41) is 18.4. The Labute approximate surface area is 199 Å². The van der Waals surface area contributed by atoms with Crippen LogP contribution >= 0.6 is 0 Å². The van der Waals surface area contributed by atoms with Gasteiger partial charge < -0.3 is 26.0 Å². The summed E-state index contributed by atoms with van der Waals surface area (Å²) in [4.78, 5) is 18.2. The first-order valence-electron chi connectivity index (χ1n) is 11.2. The average molecular weight is 463 g/mol.